The van der Waals surface area contributed by atoms with E-state index in [0.29, 0.717) is 5.56 Å². The van der Waals surface area contributed by atoms with Gasteiger partial charge in [0, 0.05) is 12.7 Å². The number of rotatable bonds is 2. The van der Waals surface area contributed by atoms with Crippen molar-refractivity contribution in [2.75, 3.05) is 6.54 Å². The molecule has 130 valence electrons. The first-order chi connectivity index (χ1) is 12.7. The summed E-state index contributed by atoms with van der Waals surface area (Å²) in [4.78, 5) is 23.3. The fourth-order valence-corrected chi connectivity index (χ4v) is 3.85. The Balaban J connectivity index is 1.52. The molecule has 0 radical (unpaired) electrons. The summed E-state index contributed by atoms with van der Waals surface area (Å²) in [7, 11) is 0. The molecule has 1 aromatic carbocycles. The van der Waals surface area contributed by atoms with E-state index >= 15 is 0 Å². The number of nitrogens with zero attached hydrogens (tertiary/aromatic N) is 4. The molecule has 4 heterocycles. The monoisotopic (exact) mass is 345 g/mol. The van der Waals surface area contributed by atoms with Crippen LogP contribution in [-0.4, -0.2) is 36.9 Å². The van der Waals surface area contributed by atoms with Crippen molar-refractivity contribution in [1.29, 1.82) is 0 Å². The van der Waals surface area contributed by atoms with Crippen LogP contribution in [0.2, 0.25) is 0 Å². The van der Waals surface area contributed by atoms with Crippen molar-refractivity contribution in [3.63, 3.8) is 0 Å². The molecule has 1 aliphatic heterocycles. The SMILES string of the molecule is Cc1ccc2nc(C3CCCN3C(=O)c3cnn4ccccc34)[nH]c2c1. The van der Waals surface area contributed by atoms with E-state index in [9.17, 15) is 4.79 Å². The Morgan fingerprint density at radius 1 is 1.27 bits per heavy atom. The van der Waals surface area contributed by atoms with Gasteiger partial charge in [-0.15, -0.1) is 0 Å². The quantitative estimate of drug-likeness (QED) is 0.605. The molecule has 1 atom stereocenters. The second kappa shape index (κ2) is 5.69. The average Bonchev–Trinajstić information content (AvgIpc) is 3.37. The summed E-state index contributed by atoms with van der Waals surface area (Å²) in [6.07, 6.45) is 5.42. The highest BCUT2D eigenvalue weighted by atomic mass is 16.2. The number of carbonyl (C=O) groups excluding carboxylic acids is 1. The first-order valence-corrected chi connectivity index (χ1v) is 8.90. The molecule has 1 aliphatic rings. The van der Waals surface area contributed by atoms with E-state index in [-0.39, 0.29) is 11.9 Å². The van der Waals surface area contributed by atoms with E-state index in [1.54, 1.807) is 10.7 Å². The summed E-state index contributed by atoms with van der Waals surface area (Å²) in [5.74, 6) is 0.887. The number of pyridine rings is 1. The predicted octanol–water partition coefficient (Wildman–Crippen LogP) is 3.50. The lowest BCUT2D eigenvalue weighted by Gasteiger charge is -2.22. The molecule has 0 aliphatic carbocycles. The lowest BCUT2D eigenvalue weighted by molar-refractivity contribution is 0.0732. The summed E-state index contributed by atoms with van der Waals surface area (Å²) in [5, 5.41) is 4.30. The molecule has 26 heavy (non-hydrogen) atoms. The fraction of sp³-hybridized carbons (Fsp3) is 0.250. The summed E-state index contributed by atoms with van der Waals surface area (Å²) in [6.45, 7) is 2.81. The second-order valence-corrected chi connectivity index (χ2v) is 6.89. The lowest BCUT2D eigenvalue weighted by atomic mass is 10.2. The minimum absolute atomic E-state index is 0.0188. The fourth-order valence-electron chi connectivity index (χ4n) is 3.85. The number of fused-ring (bicyclic) bond motifs is 2. The third kappa shape index (κ3) is 2.29. The van der Waals surface area contributed by atoms with Crippen LogP contribution < -0.4 is 0 Å². The molecule has 1 unspecified atom stereocenters. The standard InChI is InChI=1S/C20H19N5O/c1-13-7-8-15-16(11-13)23-19(22-15)18-6-4-9-24(18)20(26)14-12-21-25-10-3-2-5-17(14)25/h2-3,5,7-8,10-12,18H,4,6,9H2,1H3,(H,22,23). The largest absolute Gasteiger partial charge is 0.340 e. The van der Waals surface area contributed by atoms with Crippen LogP contribution in [0, 0.1) is 6.92 Å². The summed E-state index contributed by atoms with van der Waals surface area (Å²) in [5.41, 5.74) is 4.64. The smallest absolute Gasteiger partial charge is 0.258 e. The Morgan fingerprint density at radius 2 is 2.19 bits per heavy atom. The van der Waals surface area contributed by atoms with Crippen LogP contribution in [0.15, 0.2) is 48.8 Å². The Labute approximate surface area is 150 Å². The maximum Gasteiger partial charge on any atom is 0.258 e. The molecule has 4 aromatic rings. The normalized spacial score (nSPS) is 17.4. The van der Waals surface area contributed by atoms with Crippen LogP contribution in [-0.2, 0) is 0 Å². The maximum absolute atomic E-state index is 13.2. The van der Waals surface area contributed by atoms with Crippen LogP contribution in [0.4, 0.5) is 0 Å². The van der Waals surface area contributed by atoms with Crippen LogP contribution in [0.5, 0.6) is 0 Å². The number of aryl methyl sites for hydroxylation is 1. The Hall–Kier alpha value is -3.15. The number of imidazole rings is 1. The highest BCUT2D eigenvalue weighted by molar-refractivity contribution is 6.01. The van der Waals surface area contributed by atoms with Gasteiger partial charge in [0.05, 0.1) is 34.4 Å². The Morgan fingerprint density at radius 3 is 3.12 bits per heavy atom. The first-order valence-electron chi connectivity index (χ1n) is 8.90. The third-order valence-electron chi connectivity index (χ3n) is 5.14. The van der Waals surface area contributed by atoms with E-state index in [4.69, 9.17) is 4.98 Å². The van der Waals surface area contributed by atoms with Crippen molar-refractivity contribution in [1.82, 2.24) is 24.5 Å². The van der Waals surface area contributed by atoms with Crippen molar-refractivity contribution in [2.45, 2.75) is 25.8 Å². The highest BCUT2D eigenvalue weighted by Gasteiger charge is 2.33. The number of hydrogen-bond donors (Lipinski definition) is 1. The van der Waals surface area contributed by atoms with Gasteiger partial charge in [-0.05, 0) is 49.6 Å². The van der Waals surface area contributed by atoms with Gasteiger partial charge in [-0.3, -0.25) is 4.79 Å². The second-order valence-electron chi connectivity index (χ2n) is 6.89. The van der Waals surface area contributed by atoms with Gasteiger partial charge >= 0.3 is 0 Å². The lowest BCUT2D eigenvalue weighted by Crippen LogP contribution is -2.31. The maximum atomic E-state index is 13.2. The van der Waals surface area contributed by atoms with Gasteiger partial charge in [-0.25, -0.2) is 9.50 Å². The molecule has 1 amide bonds. The molecule has 1 N–H and O–H groups in total. The molecular formula is C20H19N5O. The summed E-state index contributed by atoms with van der Waals surface area (Å²) in [6, 6.07) is 11.9. The van der Waals surface area contributed by atoms with E-state index in [1.165, 1.54) is 5.56 Å². The highest BCUT2D eigenvalue weighted by Crippen LogP contribution is 2.33. The van der Waals surface area contributed by atoms with Crippen LogP contribution in [0.1, 0.15) is 40.6 Å². The number of benzene rings is 1. The van der Waals surface area contributed by atoms with Crippen molar-refractivity contribution < 1.29 is 4.79 Å². The molecule has 1 saturated heterocycles. The van der Waals surface area contributed by atoms with Gasteiger partial charge < -0.3 is 9.88 Å². The van der Waals surface area contributed by atoms with E-state index in [0.717, 1.165) is 41.8 Å². The van der Waals surface area contributed by atoms with Crippen molar-refractivity contribution in [3.8, 4) is 0 Å². The zero-order chi connectivity index (χ0) is 17.7. The van der Waals surface area contributed by atoms with Crippen molar-refractivity contribution >= 4 is 22.5 Å². The van der Waals surface area contributed by atoms with Crippen molar-refractivity contribution in [3.05, 3.63) is 65.7 Å². The number of amides is 1. The van der Waals surface area contributed by atoms with Crippen LogP contribution >= 0.6 is 0 Å². The van der Waals surface area contributed by atoms with Gasteiger partial charge in [0.2, 0.25) is 0 Å². The van der Waals surface area contributed by atoms with Gasteiger partial charge in [-0.1, -0.05) is 12.1 Å². The molecule has 0 bridgehead atoms. The number of aromatic amines is 1. The number of H-pyrrole nitrogens is 1. The van der Waals surface area contributed by atoms with Crippen LogP contribution in [0.3, 0.4) is 0 Å². The summed E-state index contributed by atoms with van der Waals surface area (Å²) < 4.78 is 1.74. The number of hydrogen-bond acceptors (Lipinski definition) is 3. The molecule has 0 spiro atoms. The van der Waals surface area contributed by atoms with E-state index in [1.807, 2.05) is 35.4 Å². The minimum atomic E-state index is -0.0196. The average molecular weight is 345 g/mol. The minimum Gasteiger partial charge on any atom is -0.340 e. The summed E-state index contributed by atoms with van der Waals surface area (Å²) >= 11 is 0. The van der Waals surface area contributed by atoms with Gasteiger partial charge in [0.1, 0.15) is 5.82 Å². The molecule has 6 nitrogen and oxygen atoms in total. The zero-order valence-corrected chi connectivity index (χ0v) is 14.5. The molecular weight excluding hydrogens is 326 g/mol. The Bertz CT molecular complexity index is 1130. The molecule has 5 rings (SSSR count). The zero-order valence-electron chi connectivity index (χ0n) is 14.5. The van der Waals surface area contributed by atoms with Crippen LogP contribution in [0.25, 0.3) is 16.6 Å². The van der Waals surface area contributed by atoms with Crippen molar-refractivity contribution in [2.24, 2.45) is 0 Å². The van der Waals surface area contributed by atoms with E-state index in [2.05, 4.69) is 29.1 Å². The first kappa shape index (κ1) is 15.1. The molecule has 1 fully saturated rings. The Kier molecular flexibility index (Phi) is 3.31. The molecule has 3 aromatic heterocycles. The predicted molar refractivity (Wildman–Crippen MR) is 99.0 cm³/mol. The number of nitrogens with one attached hydrogen (secondary N) is 1. The van der Waals surface area contributed by atoms with Gasteiger partial charge in [0.25, 0.3) is 5.91 Å². The number of carbonyl (C=O) groups is 1. The van der Waals surface area contributed by atoms with Gasteiger partial charge in [-0.2, -0.15) is 5.10 Å². The van der Waals surface area contributed by atoms with Gasteiger partial charge in [0.15, 0.2) is 0 Å². The van der Waals surface area contributed by atoms with E-state index < -0.39 is 0 Å². The third-order valence-corrected chi connectivity index (χ3v) is 5.14. The number of aromatic nitrogens is 4. The topological polar surface area (TPSA) is 66.3 Å². The number of likely N-dealkylation sites (tertiary alicyclic amines) is 1. The molecule has 6 heteroatoms. The molecule has 0 saturated carbocycles.